The van der Waals surface area contributed by atoms with Crippen molar-refractivity contribution in [3.8, 4) is 5.75 Å². The second-order valence-electron chi connectivity index (χ2n) is 9.52. The summed E-state index contributed by atoms with van der Waals surface area (Å²) in [7, 11) is -3.76. The van der Waals surface area contributed by atoms with Gasteiger partial charge in [0.25, 0.3) is 5.91 Å². The Kier molecular flexibility index (Phi) is 7.75. The number of nitrogens with zero attached hydrogens (tertiary/aromatic N) is 3. The monoisotopic (exact) mass is 528 g/mol. The lowest BCUT2D eigenvalue weighted by molar-refractivity contribution is -0.125. The number of ether oxygens (including phenoxy) is 2. The SMILES string of the molecule is O=C(CN1C(=O)COc2ccc(S(=O)(=O)N3CCOCC3)cc21)NC1CCN(Cc2ccccc2)CC1. The lowest BCUT2D eigenvalue weighted by atomic mass is 10.0. The number of amides is 2. The van der Waals surface area contributed by atoms with Crippen molar-refractivity contribution in [1.29, 1.82) is 0 Å². The van der Waals surface area contributed by atoms with Crippen LogP contribution in [0, 0.1) is 0 Å². The Morgan fingerprint density at radius 1 is 1.00 bits per heavy atom. The van der Waals surface area contributed by atoms with E-state index in [0.29, 0.717) is 24.7 Å². The van der Waals surface area contributed by atoms with Crippen LogP contribution in [-0.2, 0) is 30.9 Å². The number of hydrogen-bond acceptors (Lipinski definition) is 7. The normalized spacial score (nSPS) is 19.8. The molecule has 0 aromatic heterocycles. The molecule has 0 saturated carbocycles. The third-order valence-electron chi connectivity index (χ3n) is 6.98. The highest BCUT2D eigenvalue weighted by atomic mass is 32.2. The van der Waals surface area contributed by atoms with Gasteiger partial charge in [0, 0.05) is 38.8 Å². The van der Waals surface area contributed by atoms with Crippen molar-refractivity contribution in [2.24, 2.45) is 0 Å². The number of sulfonamides is 1. The van der Waals surface area contributed by atoms with Crippen LogP contribution in [-0.4, -0.2) is 88.0 Å². The van der Waals surface area contributed by atoms with Crippen LogP contribution < -0.4 is 15.0 Å². The van der Waals surface area contributed by atoms with Gasteiger partial charge in [-0.3, -0.25) is 19.4 Å². The van der Waals surface area contributed by atoms with Crippen LogP contribution in [0.5, 0.6) is 5.75 Å². The van der Waals surface area contributed by atoms with E-state index in [0.717, 1.165) is 32.5 Å². The fourth-order valence-corrected chi connectivity index (χ4v) is 6.37. The minimum Gasteiger partial charge on any atom is -0.482 e. The van der Waals surface area contributed by atoms with Crippen molar-refractivity contribution in [2.75, 3.05) is 57.4 Å². The third-order valence-corrected chi connectivity index (χ3v) is 8.88. The molecule has 3 heterocycles. The fourth-order valence-electron chi connectivity index (χ4n) is 4.95. The molecule has 0 radical (unpaired) electrons. The Morgan fingerprint density at radius 3 is 2.46 bits per heavy atom. The first-order valence-electron chi connectivity index (χ1n) is 12.6. The molecule has 2 aromatic carbocycles. The minimum absolute atomic E-state index is 0.0307. The zero-order chi connectivity index (χ0) is 25.8. The molecule has 5 rings (SSSR count). The second kappa shape index (κ2) is 11.2. The van der Waals surface area contributed by atoms with Gasteiger partial charge in [0.05, 0.1) is 23.8 Å². The summed E-state index contributed by atoms with van der Waals surface area (Å²) in [6.45, 7) is 3.46. The van der Waals surface area contributed by atoms with Gasteiger partial charge in [0.15, 0.2) is 6.61 Å². The van der Waals surface area contributed by atoms with Crippen LogP contribution in [0.25, 0.3) is 0 Å². The van der Waals surface area contributed by atoms with E-state index in [1.165, 1.54) is 26.9 Å². The van der Waals surface area contributed by atoms with Crippen molar-refractivity contribution in [3.05, 3.63) is 54.1 Å². The predicted molar refractivity (Wildman–Crippen MR) is 137 cm³/mol. The molecule has 0 aliphatic carbocycles. The zero-order valence-corrected chi connectivity index (χ0v) is 21.5. The molecule has 11 heteroatoms. The van der Waals surface area contributed by atoms with Crippen molar-refractivity contribution >= 4 is 27.5 Å². The van der Waals surface area contributed by atoms with Gasteiger partial charge in [-0.25, -0.2) is 8.42 Å². The van der Waals surface area contributed by atoms with Crippen LogP contribution in [0.2, 0.25) is 0 Å². The summed E-state index contributed by atoms with van der Waals surface area (Å²) in [5.74, 6) is -0.284. The average molecular weight is 529 g/mol. The molecule has 198 valence electrons. The van der Waals surface area contributed by atoms with E-state index in [9.17, 15) is 18.0 Å². The summed E-state index contributed by atoms with van der Waals surface area (Å²) in [6.07, 6.45) is 1.66. The van der Waals surface area contributed by atoms with Gasteiger partial charge in [0.1, 0.15) is 12.3 Å². The molecule has 10 nitrogen and oxygen atoms in total. The van der Waals surface area contributed by atoms with E-state index in [4.69, 9.17) is 9.47 Å². The van der Waals surface area contributed by atoms with Gasteiger partial charge in [-0.2, -0.15) is 4.31 Å². The van der Waals surface area contributed by atoms with Crippen molar-refractivity contribution in [2.45, 2.75) is 30.3 Å². The number of nitrogens with one attached hydrogen (secondary N) is 1. The van der Waals surface area contributed by atoms with Gasteiger partial charge in [-0.1, -0.05) is 30.3 Å². The summed E-state index contributed by atoms with van der Waals surface area (Å²) in [4.78, 5) is 29.4. The fraction of sp³-hybridized carbons (Fsp3) is 0.462. The average Bonchev–Trinajstić information content (AvgIpc) is 2.92. The number of benzene rings is 2. The molecule has 0 atom stereocenters. The Bertz CT molecular complexity index is 1220. The van der Waals surface area contributed by atoms with Gasteiger partial charge in [-0.15, -0.1) is 0 Å². The smallest absolute Gasteiger partial charge is 0.265 e. The lowest BCUT2D eigenvalue weighted by Crippen LogP contribution is -2.49. The first-order valence-corrected chi connectivity index (χ1v) is 14.0. The van der Waals surface area contributed by atoms with Gasteiger partial charge in [-0.05, 0) is 36.6 Å². The maximum Gasteiger partial charge on any atom is 0.265 e. The Morgan fingerprint density at radius 2 is 1.73 bits per heavy atom. The summed E-state index contributed by atoms with van der Waals surface area (Å²) in [6, 6.07) is 14.8. The first kappa shape index (κ1) is 25.7. The van der Waals surface area contributed by atoms with E-state index >= 15 is 0 Å². The molecule has 2 fully saturated rings. The van der Waals surface area contributed by atoms with Crippen LogP contribution in [0.15, 0.2) is 53.4 Å². The van der Waals surface area contributed by atoms with Crippen molar-refractivity contribution in [3.63, 3.8) is 0 Å². The van der Waals surface area contributed by atoms with Crippen LogP contribution >= 0.6 is 0 Å². The van der Waals surface area contributed by atoms with E-state index in [1.807, 2.05) is 18.2 Å². The molecule has 0 unspecified atom stereocenters. The highest BCUT2D eigenvalue weighted by Gasteiger charge is 2.32. The third kappa shape index (κ3) is 5.96. The summed E-state index contributed by atoms with van der Waals surface area (Å²) >= 11 is 0. The maximum absolute atomic E-state index is 13.1. The number of fused-ring (bicyclic) bond motifs is 1. The van der Waals surface area contributed by atoms with Gasteiger partial charge in [0.2, 0.25) is 15.9 Å². The number of carbonyl (C=O) groups is 2. The van der Waals surface area contributed by atoms with Crippen LogP contribution in [0.3, 0.4) is 0 Å². The van der Waals surface area contributed by atoms with E-state index in [2.05, 4.69) is 22.3 Å². The number of anilines is 1. The summed E-state index contributed by atoms with van der Waals surface area (Å²) in [5, 5.41) is 3.06. The Balaban J connectivity index is 1.22. The number of piperidine rings is 1. The van der Waals surface area contributed by atoms with E-state index in [1.54, 1.807) is 6.07 Å². The summed E-state index contributed by atoms with van der Waals surface area (Å²) < 4.78 is 38.4. The largest absolute Gasteiger partial charge is 0.482 e. The van der Waals surface area contributed by atoms with Crippen molar-refractivity contribution < 1.29 is 27.5 Å². The van der Waals surface area contributed by atoms with Crippen LogP contribution in [0.4, 0.5) is 5.69 Å². The predicted octanol–water partition coefficient (Wildman–Crippen LogP) is 1.21. The topological polar surface area (TPSA) is 108 Å². The quantitative estimate of drug-likeness (QED) is 0.576. The molecule has 37 heavy (non-hydrogen) atoms. The highest BCUT2D eigenvalue weighted by Crippen LogP contribution is 2.35. The number of carbonyl (C=O) groups excluding carboxylic acids is 2. The van der Waals surface area contributed by atoms with Crippen molar-refractivity contribution in [1.82, 2.24) is 14.5 Å². The lowest BCUT2D eigenvalue weighted by Gasteiger charge is -2.33. The van der Waals surface area contributed by atoms with Gasteiger partial charge >= 0.3 is 0 Å². The number of likely N-dealkylation sites (tertiary alicyclic amines) is 1. The molecule has 0 spiro atoms. The number of morpholine rings is 1. The zero-order valence-electron chi connectivity index (χ0n) is 20.7. The standard InChI is InChI=1S/C26H32N4O6S/c31-25(27-21-8-10-28(11-9-21)17-20-4-2-1-3-5-20)18-30-23-16-22(6-7-24(23)36-19-26(30)32)37(33,34)29-12-14-35-15-13-29/h1-7,16,21H,8-15,17-19H2,(H,27,31). The Hall–Kier alpha value is -2.99. The molecule has 2 amide bonds. The highest BCUT2D eigenvalue weighted by molar-refractivity contribution is 7.89. The molecule has 0 bridgehead atoms. The molecular weight excluding hydrogens is 496 g/mol. The summed E-state index contributed by atoms with van der Waals surface area (Å²) in [5.41, 5.74) is 1.56. The maximum atomic E-state index is 13.1. The minimum atomic E-state index is -3.76. The Labute approximate surface area is 217 Å². The van der Waals surface area contributed by atoms with Gasteiger partial charge < -0.3 is 14.8 Å². The molecule has 3 aliphatic rings. The molecule has 3 aliphatic heterocycles. The number of rotatable bonds is 7. The van der Waals surface area contributed by atoms with E-state index < -0.39 is 10.0 Å². The van der Waals surface area contributed by atoms with Crippen LogP contribution in [0.1, 0.15) is 18.4 Å². The number of hydrogen-bond donors (Lipinski definition) is 1. The second-order valence-corrected chi connectivity index (χ2v) is 11.5. The molecule has 2 aromatic rings. The molecule has 2 saturated heterocycles. The van der Waals surface area contributed by atoms with E-state index in [-0.39, 0.29) is 49.0 Å². The molecule has 1 N–H and O–H groups in total. The first-order chi connectivity index (χ1) is 17.9. The molecular formula is C26H32N4O6S.